The highest BCUT2D eigenvalue weighted by Gasteiger charge is 2.25. The van der Waals surface area contributed by atoms with Crippen LogP contribution in [0.3, 0.4) is 0 Å². The highest BCUT2D eigenvalue weighted by atomic mass is 32.1. The van der Waals surface area contributed by atoms with Gasteiger partial charge in [0.2, 0.25) is 5.91 Å². The topological polar surface area (TPSA) is 46.3 Å². The monoisotopic (exact) mass is 214 g/mol. The SMILES string of the molecule is CC(C)C(=O)N1CCC(C(N)=S)CC1. The number of carbonyl (C=O) groups is 1. The third kappa shape index (κ3) is 2.67. The molecule has 1 saturated heterocycles. The highest BCUT2D eigenvalue weighted by Crippen LogP contribution is 2.18. The Morgan fingerprint density at radius 2 is 1.93 bits per heavy atom. The first kappa shape index (κ1) is 11.4. The Morgan fingerprint density at radius 3 is 2.29 bits per heavy atom. The maximum Gasteiger partial charge on any atom is 0.225 e. The van der Waals surface area contributed by atoms with E-state index in [1.54, 1.807) is 0 Å². The maximum atomic E-state index is 11.6. The van der Waals surface area contributed by atoms with E-state index in [4.69, 9.17) is 18.0 Å². The number of nitrogens with two attached hydrogens (primary N) is 1. The Kier molecular flexibility index (Phi) is 3.86. The van der Waals surface area contributed by atoms with Crippen molar-refractivity contribution in [2.24, 2.45) is 17.6 Å². The Labute approximate surface area is 90.6 Å². The fourth-order valence-electron chi connectivity index (χ4n) is 1.75. The van der Waals surface area contributed by atoms with Crippen molar-refractivity contribution in [2.75, 3.05) is 13.1 Å². The van der Waals surface area contributed by atoms with Crippen LogP contribution in [0.25, 0.3) is 0 Å². The lowest BCUT2D eigenvalue weighted by atomic mass is 9.96. The lowest BCUT2D eigenvalue weighted by Gasteiger charge is -2.32. The van der Waals surface area contributed by atoms with Gasteiger partial charge in [-0.1, -0.05) is 26.1 Å². The lowest BCUT2D eigenvalue weighted by molar-refractivity contribution is -0.135. The molecule has 0 radical (unpaired) electrons. The van der Waals surface area contributed by atoms with E-state index in [1.165, 1.54) is 0 Å². The van der Waals surface area contributed by atoms with E-state index in [0.29, 0.717) is 10.9 Å². The minimum Gasteiger partial charge on any atom is -0.393 e. The molecule has 0 unspecified atom stereocenters. The molecule has 1 aliphatic heterocycles. The molecule has 4 heteroatoms. The van der Waals surface area contributed by atoms with Crippen molar-refractivity contribution in [3.05, 3.63) is 0 Å². The van der Waals surface area contributed by atoms with Crippen molar-refractivity contribution in [1.82, 2.24) is 4.90 Å². The maximum absolute atomic E-state index is 11.6. The number of likely N-dealkylation sites (tertiary alicyclic amines) is 1. The van der Waals surface area contributed by atoms with Gasteiger partial charge in [-0.25, -0.2) is 0 Å². The van der Waals surface area contributed by atoms with Crippen molar-refractivity contribution in [1.29, 1.82) is 0 Å². The number of rotatable bonds is 2. The summed E-state index contributed by atoms with van der Waals surface area (Å²) < 4.78 is 0. The summed E-state index contributed by atoms with van der Waals surface area (Å²) in [7, 11) is 0. The second-order valence-electron chi connectivity index (χ2n) is 4.16. The van der Waals surface area contributed by atoms with Crippen LogP contribution in [0, 0.1) is 11.8 Å². The van der Waals surface area contributed by atoms with Gasteiger partial charge in [-0.3, -0.25) is 4.79 Å². The molecule has 14 heavy (non-hydrogen) atoms. The van der Waals surface area contributed by atoms with E-state index >= 15 is 0 Å². The highest BCUT2D eigenvalue weighted by molar-refractivity contribution is 7.80. The molecule has 0 bridgehead atoms. The average Bonchev–Trinajstić information content (AvgIpc) is 2.16. The quantitative estimate of drug-likeness (QED) is 0.702. The largest absolute Gasteiger partial charge is 0.393 e. The number of hydrogen-bond donors (Lipinski definition) is 1. The lowest BCUT2D eigenvalue weighted by Crippen LogP contribution is -2.42. The first-order chi connectivity index (χ1) is 6.52. The standard InChI is InChI=1S/C10H18N2OS/c1-7(2)10(13)12-5-3-8(4-6-12)9(11)14/h7-8H,3-6H2,1-2H3,(H2,11,14). The molecule has 1 heterocycles. The summed E-state index contributed by atoms with van der Waals surface area (Å²) >= 11 is 4.95. The van der Waals surface area contributed by atoms with Gasteiger partial charge in [0.25, 0.3) is 0 Å². The van der Waals surface area contributed by atoms with Crippen molar-refractivity contribution < 1.29 is 4.79 Å². The molecule has 2 N–H and O–H groups in total. The second-order valence-corrected chi connectivity index (χ2v) is 4.63. The Hall–Kier alpha value is -0.640. The van der Waals surface area contributed by atoms with Gasteiger partial charge in [0.1, 0.15) is 0 Å². The van der Waals surface area contributed by atoms with Crippen LogP contribution in [-0.2, 0) is 4.79 Å². The number of hydrogen-bond acceptors (Lipinski definition) is 2. The first-order valence-corrected chi connectivity index (χ1v) is 5.51. The number of nitrogens with zero attached hydrogens (tertiary/aromatic N) is 1. The zero-order chi connectivity index (χ0) is 10.7. The third-order valence-corrected chi connectivity index (χ3v) is 3.04. The number of piperidine rings is 1. The van der Waals surface area contributed by atoms with Gasteiger partial charge in [-0.05, 0) is 12.8 Å². The van der Waals surface area contributed by atoms with E-state index in [0.717, 1.165) is 25.9 Å². The van der Waals surface area contributed by atoms with Gasteiger partial charge < -0.3 is 10.6 Å². The summed E-state index contributed by atoms with van der Waals surface area (Å²) in [4.78, 5) is 14.2. The summed E-state index contributed by atoms with van der Waals surface area (Å²) in [6.07, 6.45) is 1.85. The molecule has 0 saturated carbocycles. The summed E-state index contributed by atoms with van der Waals surface area (Å²) in [5.74, 6) is 0.670. The van der Waals surface area contributed by atoms with Crippen molar-refractivity contribution in [2.45, 2.75) is 26.7 Å². The normalized spacial score (nSPS) is 18.6. The van der Waals surface area contributed by atoms with Crippen LogP contribution >= 0.6 is 12.2 Å². The molecular weight excluding hydrogens is 196 g/mol. The molecule has 0 aliphatic carbocycles. The molecule has 0 aromatic heterocycles. The van der Waals surface area contributed by atoms with E-state index < -0.39 is 0 Å². The molecule has 1 aliphatic rings. The van der Waals surface area contributed by atoms with Gasteiger partial charge in [-0.2, -0.15) is 0 Å². The summed E-state index contributed by atoms with van der Waals surface area (Å²) in [6.45, 7) is 5.47. The zero-order valence-electron chi connectivity index (χ0n) is 8.82. The summed E-state index contributed by atoms with van der Waals surface area (Å²) in [5, 5.41) is 0. The fraction of sp³-hybridized carbons (Fsp3) is 0.800. The molecule has 3 nitrogen and oxygen atoms in total. The van der Waals surface area contributed by atoms with Crippen LogP contribution in [0.4, 0.5) is 0 Å². The van der Waals surface area contributed by atoms with Crippen LogP contribution in [-0.4, -0.2) is 28.9 Å². The second kappa shape index (κ2) is 4.73. The van der Waals surface area contributed by atoms with Crippen molar-refractivity contribution in [3.8, 4) is 0 Å². The molecule has 0 spiro atoms. The van der Waals surface area contributed by atoms with Crippen molar-refractivity contribution in [3.63, 3.8) is 0 Å². The van der Waals surface area contributed by atoms with Gasteiger partial charge in [0, 0.05) is 24.9 Å². The van der Waals surface area contributed by atoms with E-state index in [2.05, 4.69) is 0 Å². The Bertz CT molecular complexity index is 232. The molecule has 1 fully saturated rings. The fourth-order valence-corrected chi connectivity index (χ4v) is 1.99. The van der Waals surface area contributed by atoms with Gasteiger partial charge in [0.15, 0.2) is 0 Å². The van der Waals surface area contributed by atoms with Gasteiger partial charge in [-0.15, -0.1) is 0 Å². The van der Waals surface area contributed by atoms with E-state index in [9.17, 15) is 4.79 Å². The molecule has 0 atom stereocenters. The van der Waals surface area contributed by atoms with Crippen LogP contribution in [0.1, 0.15) is 26.7 Å². The molecule has 80 valence electrons. The zero-order valence-corrected chi connectivity index (χ0v) is 9.64. The predicted octanol–water partition coefficient (Wildman–Crippen LogP) is 1.17. The van der Waals surface area contributed by atoms with Crippen LogP contribution in [0.5, 0.6) is 0 Å². The van der Waals surface area contributed by atoms with Gasteiger partial charge >= 0.3 is 0 Å². The minimum absolute atomic E-state index is 0.0939. The van der Waals surface area contributed by atoms with Gasteiger partial charge in [0.05, 0.1) is 4.99 Å². The summed E-state index contributed by atoms with van der Waals surface area (Å²) in [6, 6.07) is 0. The Morgan fingerprint density at radius 1 is 1.43 bits per heavy atom. The molecular formula is C10H18N2OS. The molecule has 0 aromatic rings. The third-order valence-electron chi connectivity index (χ3n) is 2.70. The first-order valence-electron chi connectivity index (χ1n) is 5.10. The molecule has 1 amide bonds. The molecule has 0 aromatic carbocycles. The summed E-state index contributed by atoms with van der Waals surface area (Å²) in [5.41, 5.74) is 5.58. The van der Waals surface area contributed by atoms with E-state index in [-0.39, 0.29) is 11.8 Å². The number of carbonyl (C=O) groups excluding carboxylic acids is 1. The van der Waals surface area contributed by atoms with E-state index in [1.807, 2.05) is 18.7 Å². The number of amides is 1. The van der Waals surface area contributed by atoms with Crippen LogP contribution < -0.4 is 5.73 Å². The average molecular weight is 214 g/mol. The smallest absolute Gasteiger partial charge is 0.225 e. The van der Waals surface area contributed by atoms with Crippen LogP contribution in [0.2, 0.25) is 0 Å². The Balaban J connectivity index is 2.43. The molecule has 1 rings (SSSR count). The number of thiocarbonyl (C=S) groups is 1. The van der Waals surface area contributed by atoms with Crippen LogP contribution in [0.15, 0.2) is 0 Å². The minimum atomic E-state index is 0.0939. The van der Waals surface area contributed by atoms with Crippen molar-refractivity contribution >= 4 is 23.1 Å². The predicted molar refractivity (Wildman–Crippen MR) is 60.9 cm³/mol.